The maximum Gasteiger partial charge on any atom is 0.415 e. The second-order valence-electron chi connectivity index (χ2n) is 4.43. The van der Waals surface area contributed by atoms with Crippen molar-refractivity contribution in [1.29, 1.82) is 0 Å². The Bertz CT molecular complexity index is 545. The van der Waals surface area contributed by atoms with Crippen molar-refractivity contribution in [3.8, 4) is 16.9 Å². The summed E-state index contributed by atoms with van der Waals surface area (Å²) in [5.74, 6) is 0.571. The zero-order valence-corrected chi connectivity index (χ0v) is 11.9. The monoisotopic (exact) mass is 269 g/mol. The number of amides is 1. The van der Waals surface area contributed by atoms with Gasteiger partial charge in [0.25, 0.3) is 0 Å². The summed E-state index contributed by atoms with van der Waals surface area (Å²) in [6, 6.07) is 17.7. The Labute approximate surface area is 119 Å². The molecule has 0 spiro atoms. The van der Waals surface area contributed by atoms with Gasteiger partial charge in [0.05, 0.1) is 0 Å². The summed E-state index contributed by atoms with van der Waals surface area (Å²) in [5.41, 5.74) is 2.25. The first kappa shape index (κ1) is 14.1. The third-order valence-electron chi connectivity index (χ3n) is 3.19. The van der Waals surface area contributed by atoms with Crippen molar-refractivity contribution in [3.63, 3.8) is 0 Å². The van der Waals surface area contributed by atoms with E-state index in [0.29, 0.717) is 18.8 Å². The fourth-order valence-electron chi connectivity index (χ4n) is 1.99. The smallest absolute Gasteiger partial charge is 0.410 e. The number of nitrogens with zero attached hydrogens (tertiary/aromatic N) is 1. The normalized spacial score (nSPS) is 10.1. The second kappa shape index (κ2) is 6.75. The zero-order valence-electron chi connectivity index (χ0n) is 11.9. The molecule has 0 radical (unpaired) electrons. The van der Waals surface area contributed by atoms with Gasteiger partial charge in [-0.2, -0.15) is 0 Å². The number of rotatable bonds is 4. The van der Waals surface area contributed by atoms with Gasteiger partial charge in [-0.25, -0.2) is 4.79 Å². The number of benzene rings is 2. The molecule has 20 heavy (non-hydrogen) atoms. The Balaban J connectivity index is 2.07. The van der Waals surface area contributed by atoms with Crippen LogP contribution in [0.2, 0.25) is 0 Å². The van der Waals surface area contributed by atoms with Gasteiger partial charge >= 0.3 is 6.09 Å². The maximum absolute atomic E-state index is 11.8. The molecule has 2 aromatic carbocycles. The lowest BCUT2D eigenvalue weighted by atomic mass is 10.1. The molecule has 2 rings (SSSR count). The molecule has 3 nitrogen and oxygen atoms in total. The maximum atomic E-state index is 11.8. The molecular weight excluding hydrogens is 250 g/mol. The quantitative estimate of drug-likeness (QED) is 0.832. The predicted molar refractivity (Wildman–Crippen MR) is 80.8 cm³/mol. The molecule has 0 fully saturated rings. The van der Waals surface area contributed by atoms with Crippen molar-refractivity contribution in [3.05, 3.63) is 54.6 Å². The highest BCUT2D eigenvalue weighted by Crippen LogP contribution is 2.22. The molecule has 0 N–H and O–H groups in total. The topological polar surface area (TPSA) is 29.5 Å². The van der Waals surface area contributed by atoms with Crippen molar-refractivity contribution in [2.24, 2.45) is 0 Å². The minimum absolute atomic E-state index is 0.303. The minimum Gasteiger partial charge on any atom is -0.410 e. The van der Waals surface area contributed by atoms with Crippen LogP contribution in [0, 0.1) is 0 Å². The van der Waals surface area contributed by atoms with Gasteiger partial charge in [0.1, 0.15) is 5.75 Å². The van der Waals surface area contributed by atoms with Crippen LogP contribution >= 0.6 is 0 Å². The van der Waals surface area contributed by atoms with Crippen LogP contribution in [0.5, 0.6) is 5.75 Å². The molecule has 0 aromatic heterocycles. The molecule has 0 aliphatic carbocycles. The highest BCUT2D eigenvalue weighted by Gasteiger charge is 2.11. The molecule has 0 unspecified atom stereocenters. The van der Waals surface area contributed by atoms with E-state index in [1.54, 1.807) is 4.90 Å². The fraction of sp³-hybridized carbons (Fsp3) is 0.235. The summed E-state index contributed by atoms with van der Waals surface area (Å²) in [5, 5.41) is 0. The van der Waals surface area contributed by atoms with Crippen LogP contribution < -0.4 is 4.74 Å². The number of carbonyl (C=O) groups excluding carboxylic acids is 1. The van der Waals surface area contributed by atoms with E-state index < -0.39 is 0 Å². The molecule has 3 heteroatoms. The van der Waals surface area contributed by atoms with Crippen LogP contribution in [0.1, 0.15) is 13.8 Å². The average Bonchev–Trinajstić information content (AvgIpc) is 2.50. The average molecular weight is 269 g/mol. The summed E-state index contributed by atoms with van der Waals surface area (Å²) >= 11 is 0. The van der Waals surface area contributed by atoms with Gasteiger partial charge in [0, 0.05) is 13.1 Å². The lowest BCUT2D eigenvalue weighted by molar-refractivity contribution is 0.157. The first-order valence-electron chi connectivity index (χ1n) is 6.86. The van der Waals surface area contributed by atoms with E-state index in [-0.39, 0.29) is 6.09 Å². The van der Waals surface area contributed by atoms with Crippen molar-refractivity contribution in [2.75, 3.05) is 13.1 Å². The van der Waals surface area contributed by atoms with Gasteiger partial charge < -0.3 is 9.64 Å². The first-order valence-corrected chi connectivity index (χ1v) is 6.86. The highest BCUT2D eigenvalue weighted by molar-refractivity contribution is 5.71. The van der Waals surface area contributed by atoms with Crippen molar-refractivity contribution < 1.29 is 9.53 Å². The summed E-state index contributed by atoms with van der Waals surface area (Å²) < 4.78 is 5.34. The fourth-order valence-corrected chi connectivity index (χ4v) is 1.99. The zero-order chi connectivity index (χ0) is 14.4. The van der Waals surface area contributed by atoms with E-state index in [1.165, 1.54) is 0 Å². The molecule has 0 aliphatic heterocycles. The van der Waals surface area contributed by atoms with E-state index in [2.05, 4.69) is 12.1 Å². The first-order chi connectivity index (χ1) is 9.74. The molecule has 0 heterocycles. The van der Waals surface area contributed by atoms with Crippen LogP contribution in [-0.2, 0) is 0 Å². The van der Waals surface area contributed by atoms with Crippen LogP contribution in [0.15, 0.2) is 54.6 Å². The van der Waals surface area contributed by atoms with E-state index in [4.69, 9.17) is 4.74 Å². The SMILES string of the molecule is CCN(CC)C(=O)Oc1ccc(-c2ccccc2)cc1. The lowest BCUT2D eigenvalue weighted by Gasteiger charge is -2.17. The number of ether oxygens (including phenoxy) is 1. The van der Waals surface area contributed by atoms with Gasteiger partial charge in [0.15, 0.2) is 0 Å². The molecule has 1 amide bonds. The van der Waals surface area contributed by atoms with Crippen molar-refractivity contribution in [1.82, 2.24) is 4.90 Å². The lowest BCUT2D eigenvalue weighted by Crippen LogP contribution is -2.33. The van der Waals surface area contributed by atoms with Crippen LogP contribution in [0.4, 0.5) is 4.79 Å². The van der Waals surface area contributed by atoms with Crippen LogP contribution in [0.25, 0.3) is 11.1 Å². The minimum atomic E-state index is -0.303. The summed E-state index contributed by atoms with van der Waals surface area (Å²) in [6.45, 7) is 5.17. The summed E-state index contributed by atoms with van der Waals surface area (Å²) in [4.78, 5) is 13.5. The van der Waals surface area contributed by atoms with Gasteiger partial charge in [-0.05, 0) is 37.1 Å². The third-order valence-corrected chi connectivity index (χ3v) is 3.19. The number of carbonyl (C=O) groups is 1. The van der Waals surface area contributed by atoms with E-state index in [1.807, 2.05) is 56.3 Å². The van der Waals surface area contributed by atoms with E-state index in [9.17, 15) is 4.79 Å². The van der Waals surface area contributed by atoms with Crippen molar-refractivity contribution in [2.45, 2.75) is 13.8 Å². The highest BCUT2D eigenvalue weighted by atomic mass is 16.6. The summed E-state index contributed by atoms with van der Waals surface area (Å²) in [7, 11) is 0. The molecule has 2 aromatic rings. The molecule has 0 atom stereocenters. The second-order valence-corrected chi connectivity index (χ2v) is 4.43. The van der Waals surface area contributed by atoms with Gasteiger partial charge in [0.2, 0.25) is 0 Å². The Kier molecular flexibility index (Phi) is 4.77. The van der Waals surface area contributed by atoms with Gasteiger partial charge in [-0.3, -0.25) is 0 Å². The Morgan fingerprint density at radius 1 is 0.900 bits per heavy atom. The number of hydrogen-bond donors (Lipinski definition) is 0. The largest absolute Gasteiger partial charge is 0.415 e. The molecule has 0 aliphatic rings. The van der Waals surface area contributed by atoms with Crippen LogP contribution in [-0.4, -0.2) is 24.1 Å². The van der Waals surface area contributed by atoms with Crippen LogP contribution in [0.3, 0.4) is 0 Å². The Morgan fingerprint density at radius 3 is 2.00 bits per heavy atom. The third kappa shape index (κ3) is 3.38. The molecule has 0 saturated heterocycles. The van der Waals surface area contributed by atoms with Gasteiger partial charge in [-0.15, -0.1) is 0 Å². The van der Waals surface area contributed by atoms with E-state index >= 15 is 0 Å². The molecule has 104 valence electrons. The van der Waals surface area contributed by atoms with Crippen molar-refractivity contribution >= 4 is 6.09 Å². The Hall–Kier alpha value is -2.29. The van der Waals surface area contributed by atoms with Gasteiger partial charge in [-0.1, -0.05) is 42.5 Å². The predicted octanol–water partition coefficient (Wildman–Crippen LogP) is 4.19. The van der Waals surface area contributed by atoms with E-state index in [0.717, 1.165) is 11.1 Å². The molecule has 0 bridgehead atoms. The number of hydrogen-bond acceptors (Lipinski definition) is 2. The molecular formula is C17H19NO2. The summed E-state index contributed by atoms with van der Waals surface area (Å²) in [6.07, 6.45) is -0.303. The Morgan fingerprint density at radius 2 is 1.45 bits per heavy atom. The standard InChI is InChI=1S/C17H19NO2/c1-3-18(4-2)17(19)20-16-12-10-15(11-13-16)14-8-6-5-7-9-14/h5-13H,3-4H2,1-2H3. The molecule has 0 saturated carbocycles.